The van der Waals surface area contributed by atoms with Crippen molar-refractivity contribution in [2.24, 2.45) is 0 Å². The predicted molar refractivity (Wildman–Crippen MR) is 167 cm³/mol. The molecule has 14 heteroatoms. The van der Waals surface area contributed by atoms with Crippen molar-refractivity contribution in [3.8, 4) is 0 Å². The molecule has 0 unspecified atom stereocenters. The predicted octanol–water partition coefficient (Wildman–Crippen LogP) is 6.23. The summed E-state index contributed by atoms with van der Waals surface area (Å²) in [5, 5.41) is 5.01. The molecular weight excluding hydrogens is 592 g/mol. The van der Waals surface area contributed by atoms with Crippen LogP contribution in [0, 0.1) is 13.8 Å². The number of anilines is 3. The second-order valence-corrected chi connectivity index (χ2v) is 11.4. The van der Waals surface area contributed by atoms with Gasteiger partial charge in [-0.2, -0.15) is 0 Å². The number of nitrogens with zero attached hydrogens (tertiary/aromatic N) is 3. The Bertz CT molecular complexity index is 1400. The molecule has 13 nitrogen and oxygen atoms in total. The fourth-order valence-corrected chi connectivity index (χ4v) is 3.04. The minimum absolute atomic E-state index is 0.0850. The number of amides is 2. The smallest absolute Gasteiger partial charge is 0.413 e. The molecular formula is C30H37ClN6O7. The van der Waals surface area contributed by atoms with E-state index in [9.17, 15) is 24.0 Å². The van der Waals surface area contributed by atoms with Crippen LogP contribution in [0.2, 0.25) is 5.15 Å². The van der Waals surface area contributed by atoms with Crippen LogP contribution in [0.5, 0.6) is 0 Å². The van der Waals surface area contributed by atoms with Gasteiger partial charge in [-0.05, 0) is 91.8 Å². The molecule has 3 rings (SSSR count). The molecule has 0 saturated carbocycles. The lowest BCUT2D eigenvalue weighted by molar-refractivity contribution is 0.0623. The first-order valence-electron chi connectivity index (χ1n) is 13.1. The zero-order valence-electron chi connectivity index (χ0n) is 25.9. The highest BCUT2D eigenvalue weighted by atomic mass is 35.5. The highest BCUT2D eigenvalue weighted by molar-refractivity contribution is 6.29. The largest absolute Gasteiger partial charge is 0.444 e. The van der Waals surface area contributed by atoms with Crippen molar-refractivity contribution in [2.75, 3.05) is 16.4 Å². The Morgan fingerprint density at radius 3 is 1.48 bits per heavy atom. The highest BCUT2D eigenvalue weighted by Gasteiger charge is 2.19. The van der Waals surface area contributed by atoms with E-state index in [0.717, 1.165) is 5.69 Å². The van der Waals surface area contributed by atoms with E-state index in [1.54, 1.807) is 72.7 Å². The molecule has 3 aromatic heterocycles. The van der Waals surface area contributed by atoms with Gasteiger partial charge in [0.05, 0.1) is 16.7 Å². The number of rotatable bonds is 5. The van der Waals surface area contributed by atoms with Gasteiger partial charge in [0.15, 0.2) is 18.9 Å². The first-order valence-corrected chi connectivity index (χ1v) is 13.5. The molecule has 0 atom stereocenters. The van der Waals surface area contributed by atoms with Gasteiger partial charge in [0, 0.05) is 11.4 Å². The van der Waals surface area contributed by atoms with Crippen LogP contribution in [0.4, 0.5) is 27.0 Å². The number of carbonyl (C=O) groups excluding carboxylic acids is 5. The summed E-state index contributed by atoms with van der Waals surface area (Å²) >= 11 is 5.67. The van der Waals surface area contributed by atoms with Crippen molar-refractivity contribution in [1.82, 2.24) is 15.0 Å². The standard InChI is InChI=1S/C12H16N2O3.C11H13ClN2O3.C7H8N2O/c1-8-5-6-9(7-15)10(13-8)14-11(16)17-12(2,3)4;1-11(2,3)17-10(16)14-9-7(6-15)4-5-8(12)13-9;1-5-2-3-6(4-10)7(8)9-5/h5-7H,1-4H3,(H,13,14,16);4-6H,1-3H3,(H,13,14,16);2-4H,1H3,(H2,8,9). The number of hydrogen-bond donors (Lipinski definition) is 3. The number of nitrogens with one attached hydrogen (secondary N) is 2. The summed E-state index contributed by atoms with van der Waals surface area (Å²) in [6.45, 7) is 14.1. The van der Waals surface area contributed by atoms with Gasteiger partial charge in [-0.1, -0.05) is 11.6 Å². The maximum absolute atomic E-state index is 11.5. The number of nitrogens with two attached hydrogens (primary N) is 1. The number of aromatic nitrogens is 3. The van der Waals surface area contributed by atoms with E-state index in [1.807, 2.05) is 6.92 Å². The molecule has 0 radical (unpaired) electrons. The Kier molecular flexibility index (Phi) is 14.0. The molecule has 0 aromatic carbocycles. The molecule has 0 aliphatic carbocycles. The third-order valence-corrected chi connectivity index (χ3v) is 4.88. The lowest BCUT2D eigenvalue weighted by Crippen LogP contribution is -2.27. The summed E-state index contributed by atoms with van der Waals surface area (Å²) in [5.74, 6) is 0.603. The Labute approximate surface area is 260 Å². The van der Waals surface area contributed by atoms with E-state index in [4.69, 9.17) is 26.8 Å². The van der Waals surface area contributed by atoms with Gasteiger partial charge in [-0.15, -0.1) is 0 Å². The normalized spacial score (nSPS) is 10.5. The van der Waals surface area contributed by atoms with Crippen LogP contribution in [0.1, 0.15) is 84.0 Å². The number of aldehydes is 3. The van der Waals surface area contributed by atoms with E-state index < -0.39 is 23.4 Å². The zero-order valence-corrected chi connectivity index (χ0v) is 26.6. The number of aryl methyl sites for hydroxylation is 2. The SMILES string of the molecule is CC(C)(C)OC(=O)Nc1nc(Cl)ccc1C=O.Cc1ccc(C=O)c(N)n1.Cc1ccc(C=O)c(NC(=O)OC(C)(C)C)n1. The van der Waals surface area contributed by atoms with Gasteiger partial charge in [0.25, 0.3) is 0 Å². The summed E-state index contributed by atoms with van der Waals surface area (Å²) in [6, 6.07) is 9.64. The second kappa shape index (κ2) is 16.7. The lowest BCUT2D eigenvalue weighted by Gasteiger charge is -2.19. The van der Waals surface area contributed by atoms with Crippen LogP contribution >= 0.6 is 11.6 Å². The molecule has 0 spiro atoms. The second-order valence-electron chi connectivity index (χ2n) is 11.0. The van der Waals surface area contributed by atoms with Crippen LogP contribution < -0.4 is 16.4 Å². The maximum Gasteiger partial charge on any atom is 0.413 e. The van der Waals surface area contributed by atoms with Gasteiger partial charge in [-0.3, -0.25) is 25.0 Å². The Morgan fingerprint density at radius 2 is 1.07 bits per heavy atom. The number of halogens is 1. The van der Waals surface area contributed by atoms with Gasteiger partial charge in [0.1, 0.15) is 33.8 Å². The van der Waals surface area contributed by atoms with E-state index in [2.05, 4.69) is 25.6 Å². The third-order valence-electron chi connectivity index (χ3n) is 4.67. The van der Waals surface area contributed by atoms with Crippen LogP contribution in [-0.4, -0.2) is 57.2 Å². The minimum atomic E-state index is -0.685. The zero-order chi connectivity index (χ0) is 33.7. The average Bonchev–Trinajstić information content (AvgIpc) is 2.87. The maximum atomic E-state index is 11.5. The number of nitrogen functional groups attached to an aromatic ring is 1. The number of carbonyl (C=O) groups is 5. The Balaban J connectivity index is 0.000000342. The van der Waals surface area contributed by atoms with Crippen LogP contribution in [0.3, 0.4) is 0 Å². The molecule has 0 bridgehead atoms. The molecule has 0 aliphatic heterocycles. The van der Waals surface area contributed by atoms with Gasteiger partial charge >= 0.3 is 12.2 Å². The number of hydrogen-bond acceptors (Lipinski definition) is 11. The Morgan fingerprint density at radius 1 is 0.682 bits per heavy atom. The third kappa shape index (κ3) is 14.3. The highest BCUT2D eigenvalue weighted by Crippen LogP contribution is 2.17. The minimum Gasteiger partial charge on any atom is -0.444 e. The van der Waals surface area contributed by atoms with Crippen LogP contribution in [0.15, 0.2) is 36.4 Å². The first-order chi connectivity index (χ1) is 20.4. The van der Waals surface area contributed by atoms with Crippen LogP contribution in [0.25, 0.3) is 0 Å². The van der Waals surface area contributed by atoms with Crippen molar-refractivity contribution in [3.63, 3.8) is 0 Å². The molecule has 3 heterocycles. The monoisotopic (exact) mass is 628 g/mol. The molecule has 2 amide bonds. The molecule has 236 valence electrons. The summed E-state index contributed by atoms with van der Waals surface area (Å²) in [4.78, 5) is 66.5. The van der Waals surface area contributed by atoms with Gasteiger partial charge < -0.3 is 15.2 Å². The quantitative estimate of drug-likeness (QED) is 0.214. The fourth-order valence-electron chi connectivity index (χ4n) is 2.89. The van der Waals surface area contributed by atoms with Crippen molar-refractivity contribution in [2.45, 2.75) is 66.6 Å². The van der Waals surface area contributed by atoms with Crippen molar-refractivity contribution < 1.29 is 33.4 Å². The molecule has 0 aliphatic rings. The Hall–Kier alpha value is -4.91. The molecule has 44 heavy (non-hydrogen) atoms. The van der Waals surface area contributed by atoms with Gasteiger partial charge in [0.2, 0.25) is 0 Å². The lowest BCUT2D eigenvalue weighted by atomic mass is 10.2. The summed E-state index contributed by atoms with van der Waals surface area (Å²) in [5.41, 5.74) is 6.72. The van der Waals surface area contributed by atoms with E-state index in [1.165, 1.54) is 12.1 Å². The number of pyridine rings is 3. The van der Waals surface area contributed by atoms with E-state index in [0.29, 0.717) is 41.5 Å². The van der Waals surface area contributed by atoms with Crippen molar-refractivity contribution in [3.05, 3.63) is 69.6 Å². The summed E-state index contributed by atoms with van der Waals surface area (Å²) in [7, 11) is 0. The summed E-state index contributed by atoms with van der Waals surface area (Å²) in [6.07, 6.45) is 0.603. The average molecular weight is 629 g/mol. The fraction of sp³-hybridized carbons (Fsp3) is 0.333. The number of ether oxygens (including phenoxy) is 2. The summed E-state index contributed by atoms with van der Waals surface area (Å²) < 4.78 is 10.1. The van der Waals surface area contributed by atoms with Gasteiger partial charge in [-0.25, -0.2) is 24.5 Å². The first kappa shape index (κ1) is 37.1. The van der Waals surface area contributed by atoms with Crippen molar-refractivity contribution >= 4 is 60.1 Å². The molecule has 3 aromatic rings. The van der Waals surface area contributed by atoms with E-state index >= 15 is 0 Å². The topological polar surface area (TPSA) is 193 Å². The molecule has 0 fully saturated rings. The van der Waals surface area contributed by atoms with E-state index in [-0.39, 0.29) is 22.4 Å². The molecule has 4 N–H and O–H groups in total. The van der Waals surface area contributed by atoms with Crippen molar-refractivity contribution in [1.29, 1.82) is 0 Å². The molecule has 0 saturated heterocycles. The van der Waals surface area contributed by atoms with Crippen LogP contribution in [-0.2, 0) is 9.47 Å².